The van der Waals surface area contributed by atoms with Gasteiger partial charge in [0, 0.05) is 0 Å². The lowest BCUT2D eigenvalue weighted by atomic mass is 9.75. The van der Waals surface area contributed by atoms with Crippen molar-refractivity contribution in [3.63, 3.8) is 0 Å². The predicted octanol–water partition coefficient (Wildman–Crippen LogP) is 29.7. The normalized spacial score (nSPS) is 13.4. The first-order chi connectivity index (χ1) is 55.6. The van der Waals surface area contributed by atoms with Crippen molar-refractivity contribution in [1.29, 1.82) is 0 Å². The molecule has 1 aliphatic rings. The highest BCUT2D eigenvalue weighted by atomic mass is 16.7. The van der Waals surface area contributed by atoms with Gasteiger partial charge in [0.25, 0.3) is 0 Å². The molecule has 2 nitrogen and oxygen atoms in total. The quantitative estimate of drug-likeness (QED) is 0.106. The van der Waals surface area contributed by atoms with E-state index in [4.69, 9.17) is 9.31 Å². The van der Waals surface area contributed by atoms with E-state index in [0.29, 0.717) is 0 Å². The third kappa shape index (κ3) is 11.2. The van der Waals surface area contributed by atoms with E-state index >= 15 is 0 Å². The van der Waals surface area contributed by atoms with Gasteiger partial charge in [-0.25, -0.2) is 0 Å². The molecule has 0 spiro atoms. The van der Waals surface area contributed by atoms with Crippen molar-refractivity contribution in [2.75, 3.05) is 0 Å². The number of hydrogen-bond donors (Lipinski definition) is 0. The van der Waals surface area contributed by atoms with Gasteiger partial charge in [-0.15, -0.1) is 0 Å². The molecule has 3 heteroatoms. The van der Waals surface area contributed by atoms with Crippen LogP contribution >= 0.6 is 0 Å². The van der Waals surface area contributed by atoms with Gasteiger partial charge in [0.1, 0.15) is 0 Å². The fourth-order valence-electron chi connectivity index (χ4n) is 18.6. The highest BCUT2D eigenvalue weighted by molar-refractivity contribution is 6.65. The Bertz CT molecular complexity index is 7240. The fourth-order valence-corrected chi connectivity index (χ4v) is 18.6. The molecule has 1 aliphatic heterocycles. The molecule has 0 aliphatic carbocycles. The van der Waals surface area contributed by atoms with Gasteiger partial charge in [-0.2, -0.15) is 0 Å². The molecule has 0 radical (unpaired) electrons. The van der Waals surface area contributed by atoms with E-state index in [1.807, 2.05) is 0 Å². The summed E-state index contributed by atoms with van der Waals surface area (Å²) in [5, 5.41) is 27.4. The van der Waals surface area contributed by atoms with Crippen molar-refractivity contribution in [2.24, 2.45) is 0 Å². The lowest BCUT2D eigenvalue weighted by Crippen LogP contribution is -2.41. The van der Waals surface area contributed by atoms with Crippen molar-refractivity contribution < 1.29 is 9.31 Å². The topological polar surface area (TPSA) is 18.5 Å². The number of rotatable bonds is 9. The van der Waals surface area contributed by atoms with E-state index in [1.54, 1.807) is 0 Å². The molecule has 22 rings (SSSR count). The van der Waals surface area contributed by atoms with Gasteiger partial charge in [0.2, 0.25) is 0 Å². The number of fused-ring (bicyclic) bond motifs is 11. The smallest absolute Gasteiger partial charge is 0.399 e. The van der Waals surface area contributed by atoms with Crippen LogP contribution in [0.3, 0.4) is 0 Å². The van der Waals surface area contributed by atoms with Gasteiger partial charge in [-0.1, -0.05) is 388 Å². The monoisotopic (exact) mass is 1440 g/mol. The first kappa shape index (κ1) is 67.6. The van der Waals surface area contributed by atoms with E-state index in [9.17, 15) is 0 Å². The standard InChI is InChI=1S/C64H40.C46H37BO2/c1-2-18-45-40-46(39-34-41(45)16-1)62-55-23-7-11-27-59(55)64(60-28-12-8-24-56(60)62)52-33-15-30-49-50(52)31-14-32-51(49)63-57-25-9-5-21-53(57)61(54-22-6-10-26-58(54)63)44-37-35-43(36-38-44)48-29-13-19-42-17-3-4-20-47(42)48;1-45(2)46(3,4)49-47(48-45)42-25-13-22-35-36(42)23-12-24-37(35)44-40-19-9-7-17-38(40)43(39-18-8-10-20-41(39)44)32-28-26-31(27-29-32)34-21-11-15-30-14-5-6-16-33(30)34/h1-40H;5-29H,1-4H3. The summed E-state index contributed by atoms with van der Waals surface area (Å²) in [6, 6.07) is 145. The molecule has 0 saturated carbocycles. The fraction of sp³-hybridized carbons (Fsp3) is 0.0545. The summed E-state index contributed by atoms with van der Waals surface area (Å²) in [4.78, 5) is 0. The molecule has 532 valence electrons. The second-order valence-corrected chi connectivity index (χ2v) is 31.3. The van der Waals surface area contributed by atoms with Crippen molar-refractivity contribution >= 4 is 131 Å². The summed E-state index contributed by atoms with van der Waals surface area (Å²) in [6.07, 6.45) is 0. The van der Waals surface area contributed by atoms with Crippen LogP contribution in [0.2, 0.25) is 0 Å². The summed E-state index contributed by atoms with van der Waals surface area (Å²) in [6.45, 7) is 8.45. The van der Waals surface area contributed by atoms with Crippen molar-refractivity contribution in [3.8, 4) is 89.0 Å². The maximum atomic E-state index is 6.54. The first-order valence-corrected chi connectivity index (χ1v) is 39.5. The van der Waals surface area contributed by atoms with Gasteiger partial charge < -0.3 is 9.31 Å². The third-order valence-corrected chi connectivity index (χ3v) is 24.6. The summed E-state index contributed by atoms with van der Waals surface area (Å²) < 4.78 is 13.1. The molecule has 113 heavy (non-hydrogen) atoms. The zero-order valence-electron chi connectivity index (χ0n) is 63.4. The van der Waals surface area contributed by atoms with Crippen LogP contribution < -0.4 is 5.46 Å². The van der Waals surface area contributed by atoms with Crippen LogP contribution in [0, 0.1) is 0 Å². The van der Waals surface area contributed by atoms with E-state index < -0.39 is 18.3 Å². The lowest BCUT2D eigenvalue weighted by Gasteiger charge is -2.32. The average Bonchev–Trinajstić information content (AvgIpc) is 0.810. The Morgan fingerprint density at radius 3 is 0.779 bits per heavy atom. The summed E-state index contributed by atoms with van der Waals surface area (Å²) in [5.74, 6) is 0. The Hall–Kier alpha value is -13.5. The molecule has 1 saturated heterocycles. The minimum atomic E-state index is -0.434. The Balaban J connectivity index is 0.000000148. The molecule has 0 atom stereocenters. The van der Waals surface area contributed by atoms with E-state index in [2.05, 4.69) is 422 Å². The SMILES string of the molecule is CC1(C)OB(c2cccc3c(-c4c5ccccc5c(-c5ccc(-c6cccc7ccccc67)cc5)c5ccccc45)cccc23)OC1(C)C.c1ccc2cc(-c3c4ccccc4c(-c4cccc5c(-c6c7ccccc7c(-c7ccc(-c8cccc9ccccc89)cc7)c7ccccc67)cccc45)c4ccccc34)ccc2c1. The predicted molar refractivity (Wildman–Crippen MR) is 485 cm³/mol. The number of hydrogen-bond acceptors (Lipinski definition) is 2. The van der Waals surface area contributed by atoms with Gasteiger partial charge in [0.15, 0.2) is 0 Å². The molecule has 1 heterocycles. The summed E-state index contributed by atoms with van der Waals surface area (Å²) >= 11 is 0. The minimum absolute atomic E-state index is 0.410. The molecule has 0 unspecified atom stereocenters. The highest BCUT2D eigenvalue weighted by Gasteiger charge is 2.52. The highest BCUT2D eigenvalue weighted by Crippen LogP contribution is 2.52. The van der Waals surface area contributed by atoms with Crippen LogP contribution in [0.15, 0.2) is 394 Å². The average molecular weight is 1440 g/mol. The Morgan fingerprint density at radius 2 is 0.407 bits per heavy atom. The maximum absolute atomic E-state index is 6.54. The largest absolute Gasteiger partial charge is 0.495 e. The first-order valence-electron chi connectivity index (χ1n) is 39.5. The maximum Gasteiger partial charge on any atom is 0.495 e. The molecular formula is C110H77BO2. The molecule has 0 bridgehead atoms. The van der Waals surface area contributed by atoms with Crippen molar-refractivity contribution in [3.05, 3.63) is 394 Å². The lowest BCUT2D eigenvalue weighted by molar-refractivity contribution is 0.00578. The second-order valence-electron chi connectivity index (χ2n) is 31.3. The minimum Gasteiger partial charge on any atom is -0.399 e. The molecule has 21 aromatic rings. The number of benzene rings is 21. The Morgan fingerprint density at radius 1 is 0.168 bits per heavy atom. The molecular weight excluding hydrogens is 1360 g/mol. The Labute approximate surface area is 658 Å². The van der Waals surface area contributed by atoms with Crippen LogP contribution in [-0.4, -0.2) is 18.3 Å². The van der Waals surface area contributed by atoms with Gasteiger partial charge in [-0.05, 0) is 247 Å². The van der Waals surface area contributed by atoms with E-state index in [-0.39, 0.29) is 0 Å². The molecule has 0 amide bonds. The van der Waals surface area contributed by atoms with Gasteiger partial charge >= 0.3 is 7.12 Å². The molecule has 0 N–H and O–H groups in total. The molecule has 21 aromatic carbocycles. The van der Waals surface area contributed by atoms with Crippen molar-refractivity contribution in [1.82, 2.24) is 0 Å². The van der Waals surface area contributed by atoms with E-state index in [1.165, 1.54) is 202 Å². The third-order valence-electron chi connectivity index (χ3n) is 24.6. The molecule has 1 fully saturated rings. The van der Waals surface area contributed by atoms with Gasteiger partial charge in [-0.3, -0.25) is 0 Å². The second kappa shape index (κ2) is 27.2. The zero-order chi connectivity index (χ0) is 75.5. The van der Waals surface area contributed by atoms with Crippen LogP contribution in [0.5, 0.6) is 0 Å². The van der Waals surface area contributed by atoms with Crippen LogP contribution in [0.1, 0.15) is 27.7 Å². The van der Waals surface area contributed by atoms with Gasteiger partial charge in [0.05, 0.1) is 11.2 Å². The summed E-state index contributed by atoms with van der Waals surface area (Å²) in [7, 11) is -0.434. The van der Waals surface area contributed by atoms with Crippen LogP contribution in [0.25, 0.3) is 208 Å². The van der Waals surface area contributed by atoms with E-state index in [0.717, 1.165) is 10.8 Å². The summed E-state index contributed by atoms with van der Waals surface area (Å²) in [5.41, 5.74) is 20.2. The van der Waals surface area contributed by atoms with Crippen LogP contribution in [0.4, 0.5) is 0 Å². The molecule has 0 aromatic heterocycles. The van der Waals surface area contributed by atoms with Crippen molar-refractivity contribution in [2.45, 2.75) is 38.9 Å². The Kier molecular flexibility index (Phi) is 16.3. The van der Waals surface area contributed by atoms with Crippen LogP contribution in [-0.2, 0) is 9.31 Å². The zero-order valence-corrected chi connectivity index (χ0v) is 63.4.